The molecule has 2 aliphatic heterocycles. The number of nitrogens with one attached hydrogen (secondary N) is 2. The number of aliphatic hydroxyl groups is 3. The third-order valence-corrected chi connectivity index (χ3v) is 15.8. The van der Waals surface area contributed by atoms with Crippen LogP contribution in [0.4, 0.5) is 0 Å². The second-order valence-corrected chi connectivity index (χ2v) is 19.6. The molecule has 9 heteroatoms. The number of unbranched alkanes of at least 4 members (excludes halogenated alkanes) is 1. The van der Waals surface area contributed by atoms with Crippen molar-refractivity contribution in [1.82, 2.24) is 10.6 Å². The van der Waals surface area contributed by atoms with E-state index in [9.17, 15) is 24.9 Å². The highest BCUT2D eigenvalue weighted by molar-refractivity contribution is 5.84. The SMILES string of the molecule is CCC1CNC(N)CC1C(C=CC1CCCCC1)CC(O)CCC1C#CC(C(O)CCCCC2CNC3CC(=O)CCC3C2)C(=O)CCC2CC(OC)C(O)CC12. The topological polar surface area (TPSA) is 154 Å². The molecule has 0 bridgehead atoms. The van der Waals surface area contributed by atoms with Crippen LogP contribution in [0, 0.1) is 71.0 Å². The van der Waals surface area contributed by atoms with Gasteiger partial charge in [0, 0.05) is 38.3 Å². The molecule has 0 aromatic carbocycles. The second-order valence-electron chi connectivity index (χ2n) is 19.6. The zero-order chi connectivity index (χ0) is 40.3. The van der Waals surface area contributed by atoms with Gasteiger partial charge in [0.15, 0.2) is 0 Å². The second kappa shape index (κ2) is 22.3. The zero-order valence-electron chi connectivity index (χ0n) is 35.5. The van der Waals surface area contributed by atoms with E-state index in [1.54, 1.807) is 7.11 Å². The lowest BCUT2D eigenvalue weighted by molar-refractivity contribution is -0.125. The molecule has 6 aliphatic rings. The number of nitrogens with two attached hydrogens (primary N) is 1. The van der Waals surface area contributed by atoms with Crippen molar-refractivity contribution in [3.8, 4) is 11.8 Å². The molecule has 0 aromatic rings. The summed E-state index contributed by atoms with van der Waals surface area (Å²) in [5, 5.41) is 41.6. The van der Waals surface area contributed by atoms with Crippen LogP contribution in [0.25, 0.3) is 0 Å². The van der Waals surface area contributed by atoms with E-state index >= 15 is 0 Å². The Bertz CT molecular complexity index is 1360. The van der Waals surface area contributed by atoms with E-state index in [1.807, 2.05) is 0 Å². The third-order valence-electron chi connectivity index (χ3n) is 15.8. The van der Waals surface area contributed by atoms with Crippen molar-refractivity contribution >= 4 is 11.6 Å². The van der Waals surface area contributed by atoms with Gasteiger partial charge in [0.05, 0.1) is 30.6 Å². The lowest BCUT2D eigenvalue weighted by Crippen LogP contribution is -2.50. The summed E-state index contributed by atoms with van der Waals surface area (Å²) in [6, 6.07) is 0.356. The Morgan fingerprint density at radius 3 is 2.51 bits per heavy atom. The molecule has 0 aromatic heterocycles. The minimum atomic E-state index is -0.800. The average molecular weight is 794 g/mol. The molecule has 6 rings (SSSR count). The molecule has 3 saturated carbocycles. The van der Waals surface area contributed by atoms with Gasteiger partial charge >= 0.3 is 0 Å². The predicted molar refractivity (Wildman–Crippen MR) is 226 cm³/mol. The number of rotatable bonds is 16. The molecular weight excluding hydrogens is 715 g/mol. The molecule has 5 fully saturated rings. The number of piperidine rings is 2. The number of Topliss-reactive ketones (excluding diaryl/α,β-unsaturated/α-hetero) is 2. The van der Waals surface area contributed by atoms with Crippen molar-refractivity contribution in [2.45, 2.75) is 185 Å². The summed E-state index contributed by atoms with van der Waals surface area (Å²) >= 11 is 0. The van der Waals surface area contributed by atoms with E-state index in [1.165, 1.54) is 38.5 Å². The van der Waals surface area contributed by atoms with E-state index in [0.29, 0.717) is 99.2 Å². The summed E-state index contributed by atoms with van der Waals surface area (Å²) < 4.78 is 5.71. The van der Waals surface area contributed by atoms with Crippen LogP contribution < -0.4 is 16.4 Å². The van der Waals surface area contributed by atoms with Gasteiger partial charge in [-0.1, -0.05) is 69.4 Å². The number of hydrogen-bond acceptors (Lipinski definition) is 9. The van der Waals surface area contributed by atoms with Crippen LogP contribution in [-0.4, -0.2) is 83.7 Å². The summed E-state index contributed by atoms with van der Waals surface area (Å²) in [5.41, 5.74) is 6.47. The fraction of sp³-hybridized carbons (Fsp3) is 0.875. The molecule has 9 nitrogen and oxygen atoms in total. The summed E-state index contributed by atoms with van der Waals surface area (Å²) in [5.74, 6) is 9.86. The number of methoxy groups -OCH3 is 1. The van der Waals surface area contributed by atoms with Gasteiger partial charge in [0.25, 0.3) is 0 Å². The van der Waals surface area contributed by atoms with Gasteiger partial charge in [-0.15, -0.1) is 0 Å². The number of carbonyl (C=O) groups is 2. The van der Waals surface area contributed by atoms with Gasteiger partial charge in [-0.2, -0.15) is 0 Å². The van der Waals surface area contributed by atoms with Gasteiger partial charge in [0.2, 0.25) is 0 Å². The van der Waals surface area contributed by atoms with E-state index < -0.39 is 24.2 Å². The highest BCUT2D eigenvalue weighted by Crippen LogP contribution is 2.43. The van der Waals surface area contributed by atoms with Crippen molar-refractivity contribution < 1.29 is 29.6 Å². The Morgan fingerprint density at radius 2 is 1.72 bits per heavy atom. The Hall–Kier alpha value is -1.64. The van der Waals surface area contributed by atoms with E-state index in [2.05, 4.69) is 41.6 Å². The van der Waals surface area contributed by atoms with Crippen molar-refractivity contribution in [2.24, 2.45) is 64.9 Å². The Balaban J connectivity index is 1.09. The van der Waals surface area contributed by atoms with Crippen LogP contribution in [0.1, 0.15) is 148 Å². The number of allylic oxidation sites excluding steroid dienone is 2. The highest BCUT2D eigenvalue weighted by atomic mass is 16.5. The van der Waals surface area contributed by atoms with Crippen molar-refractivity contribution in [3.05, 3.63) is 12.2 Å². The van der Waals surface area contributed by atoms with Crippen molar-refractivity contribution in [1.29, 1.82) is 0 Å². The summed E-state index contributed by atoms with van der Waals surface area (Å²) in [6.45, 7) is 4.16. The van der Waals surface area contributed by atoms with E-state index in [4.69, 9.17) is 10.5 Å². The number of fused-ring (bicyclic) bond motifs is 2. The van der Waals surface area contributed by atoms with Crippen LogP contribution in [0.15, 0.2) is 12.2 Å². The number of aliphatic hydroxyl groups excluding tert-OH is 3. The predicted octanol–water partition coefficient (Wildman–Crippen LogP) is 6.46. The molecule has 0 radical (unpaired) electrons. The fourth-order valence-corrected chi connectivity index (χ4v) is 12.2. The lowest BCUT2D eigenvalue weighted by atomic mass is 9.67. The van der Waals surface area contributed by atoms with Gasteiger partial charge in [-0.3, -0.25) is 9.59 Å². The Kier molecular flexibility index (Phi) is 17.5. The quantitative estimate of drug-likeness (QED) is 0.0588. The van der Waals surface area contributed by atoms with Crippen molar-refractivity contribution in [3.63, 3.8) is 0 Å². The minimum Gasteiger partial charge on any atom is -0.393 e. The van der Waals surface area contributed by atoms with Gasteiger partial charge in [-0.05, 0) is 144 Å². The first-order valence-corrected chi connectivity index (χ1v) is 23.6. The molecule has 4 aliphatic carbocycles. The number of ether oxygens (including phenoxy) is 1. The first kappa shape index (κ1) is 44.9. The van der Waals surface area contributed by atoms with Crippen LogP contribution >= 0.6 is 0 Å². The first-order chi connectivity index (χ1) is 27.6. The summed E-state index contributed by atoms with van der Waals surface area (Å²) in [4.78, 5) is 25.7. The molecule has 322 valence electrons. The molecule has 57 heavy (non-hydrogen) atoms. The first-order valence-electron chi connectivity index (χ1n) is 23.6. The van der Waals surface area contributed by atoms with E-state index in [-0.39, 0.29) is 41.7 Å². The largest absolute Gasteiger partial charge is 0.393 e. The standard InChI is InChI=1S/C48H79N3O6/c1-3-33-30-51-48(49)28-42(33)35(14-13-31-9-5-4-6-10-31)24-38(52)19-15-34-17-21-40(45(55)22-18-36-25-47(57-2)46(56)27-41(34)36)44(54)12-8-7-11-32-23-37-16-20-39(53)26-43(37)50-29-32/h13-14,31-38,40-44,46-48,50-52,54,56H,3-12,15-16,18-20,22-30,49H2,1-2H3. The molecular formula is C48H79N3O6. The maximum atomic E-state index is 13.7. The fourth-order valence-electron chi connectivity index (χ4n) is 12.2. The molecule has 7 N–H and O–H groups in total. The third kappa shape index (κ3) is 12.7. The number of ketones is 2. The summed E-state index contributed by atoms with van der Waals surface area (Å²) in [7, 11) is 1.66. The van der Waals surface area contributed by atoms with E-state index in [0.717, 1.165) is 58.0 Å². The molecule has 0 amide bonds. The lowest BCUT2D eigenvalue weighted by Gasteiger charge is -2.41. The van der Waals surface area contributed by atoms with Crippen LogP contribution in [0.2, 0.25) is 0 Å². The van der Waals surface area contributed by atoms with Gasteiger partial charge in [-0.25, -0.2) is 0 Å². The van der Waals surface area contributed by atoms with Crippen LogP contribution in [0.3, 0.4) is 0 Å². The summed E-state index contributed by atoms with van der Waals surface area (Å²) in [6.07, 6.45) is 22.7. The molecule has 2 heterocycles. The minimum absolute atomic E-state index is 0.0150. The molecule has 15 unspecified atom stereocenters. The average Bonchev–Trinajstić information content (AvgIpc) is 3.27. The maximum absolute atomic E-state index is 13.7. The molecule has 15 atom stereocenters. The monoisotopic (exact) mass is 794 g/mol. The van der Waals surface area contributed by atoms with Crippen LogP contribution in [0.5, 0.6) is 0 Å². The normalized spacial score (nSPS) is 38.5. The Morgan fingerprint density at radius 1 is 0.912 bits per heavy atom. The molecule has 0 spiro atoms. The van der Waals surface area contributed by atoms with Crippen molar-refractivity contribution in [2.75, 3.05) is 20.2 Å². The zero-order valence-corrected chi connectivity index (χ0v) is 35.5. The molecule has 2 saturated heterocycles. The van der Waals surface area contributed by atoms with Gasteiger partial charge < -0.3 is 36.4 Å². The van der Waals surface area contributed by atoms with Gasteiger partial charge in [0.1, 0.15) is 17.5 Å². The maximum Gasteiger partial charge on any atom is 0.150 e. The Labute approximate surface area is 344 Å². The smallest absolute Gasteiger partial charge is 0.150 e. The number of hydrogen-bond donors (Lipinski definition) is 6. The highest BCUT2D eigenvalue weighted by Gasteiger charge is 2.42. The van der Waals surface area contributed by atoms with Crippen LogP contribution in [-0.2, 0) is 14.3 Å². The number of carbonyl (C=O) groups excluding carboxylic acids is 2.